The summed E-state index contributed by atoms with van der Waals surface area (Å²) in [6.45, 7) is 7.18. The highest BCUT2D eigenvalue weighted by Crippen LogP contribution is 2.18. The Kier molecular flexibility index (Phi) is 6.52. The van der Waals surface area contributed by atoms with Gasteiger partial charge in [0.1, 0.15) is 6.33 Å². The van der Waals surface area contributed by atoms with Gasteiger partial charge in [-0.2, -0.15) is 0 Å². The Labute approximate surface area is 191 Å². The summed E-state index contributed by atoms with van der Waals surface area (Å²) in [4.78, 5) is 50.4. The van der Waals surface area contributed by atoms with Gasteiger partial charge in [0, 0.05) is 45.2 Å². The first-order valence-electron chi connectivity index (χ1n) is 10.8. The molecule has 0 atom stereocenters. The molecule has 0 bridgehead atoms. The van der Waals surface area contributed by atoms with Crippen LogP contribution in [-0.4, -0.2) is 64.5 Å². The van der Waals surface area contributed by atoms with Gasteiger partial charge in [-0.05, 0) is 42.3 Å². The van der Waals surface area contributed by atoms with Gasteiger partial charge < -0.3 is 4.90 Å². The van der Waals surface area contributed by atoms with Gasteiger partial charge in [-0.1, -0.05) is 12.1 Å². The standard InChI is InChI=1S/C24H27N5O4/c1-16-4-6-19(23(31)26-33-3)13-22(16)29-15-25-21-7-5-18(12-20(21)24(29)32)14-27-8-10-28(11-9-27)17(2)30/h4-7,12-13,15H,8-11,14H2,1-3H3,(H,26,31). The van der Waals surface area contributed by atoms with Crippen LogP contribution in [0.4, 0.5) is 0 Å². The Bertz CT molecular complexity index is 1260. The first kappa shape index (κ1) is 22.6. The molecule has 2 amide bonds. The van der Waals surface area contributed by atoms with E-state index in [-0.39, 0.29) is 11.5 Å². The smallest absolute Gasteiger partial charge is 0.274 e. The molecule has 1 aliphatic rings. The lowest BCUT2D eigenvalue weighted by atomic mass is 10.1. The molecule has 0 aliphatic carbocycles. The van der Waals surface area contributed by atoms with Crippen LogP contribution in [0.5, 0.6) is 0 Å². The van der Waals surface area contributed by atoms with Crippen LogP contribution < -0.4 is 11.0 Å². The number of piperazine rings is 1. The fourth-order valence-corrected chi connectivity index (χ4v) is 4.08. The summed E-state index contributed by atoms with van der Waals surface area (Å²) in [5.41, 5.74) is 5.53. The van der Waals surface area contributed by atoms with Crippen molar-refractivity contribution in [2.45, 2.75) is 20.4 Å². The van der Waals surface area contributed by atoms with Crippen molar-refractivity contribution < 1.29 is 14.4 Å². The number of carbonyl (C=O) groups is 2. The molecular formula is C24H27N5O4. The second-order valence-corrected chi connectivity index (χ2v) is 8.19. The Hall–Kier alpha value is -3.56. The van der Waals surface area contributed by atoms with E-state index in [0.717, 1.165) is 24.2 Å². The van der Waals surface area contributed by atoms with Gasteiger partial charge in [0.05, 0.1) is 23.7 Å². The zero-order chi connectivity index (χ0) is 23.5. The lowest BCUT2D eigenvalue weighted by Gasteiger charge is -2.34. The monoisotopic (exact) mass is 449 g/mol. The molecule has 1 aliphatic heterocycles. The second kappa shape index (κ2) is 9.51. The number of hydrogen-bond acceptors (Lipinski definition) is 6. The third-order valence-corrected chi connectivity index (χ3v) is 5.97. The molecule has 0 saturated carbocycles. The molecule has 9 nitrogen and oxygen atoms in total. The van der Waals surface area contributed by atoms with Crippen LogP contribution in [-0.2, 0) is 16.2 Å². The molecule has 0 radical (unpaired) electrons. The quantitative estimate of drug-likeness (QED) is 0.595. The van der Waals surface area contributed by atoms with E-state index >= 15 is 0 Å². The average Bonchev–Trinajstić information content (AvgIpc) is 2.81. The summed E-state index contributed by atoms with van der Waals surface area (Å²) in [6.07, 6.45) is 1.49. The van der Waals surface area contributed by atoms with Crippen LogP contribution in [0.3, 0.4) is 0 Å². The number of amides is 2. The molecule has 9 heteroatoms. The third-order valence-electron chi connectivity index (χ3n) is 5.97. The number of carbonyl (C=O) groups excluding carboxylic acids is 2. The topological polar surface area (TPSA) is 96.8 Å². The van der Waals surface area contributed by atoms with Crippen LogP contribution in [0, 0.1) is 6.92 Å². The summed E-state index contributed by atoms with van der Waals surface area (Å²) in [6, 6.07) is 10.8. The lowest BCUT2D eigenvalue weighted by Crippen LogP contribution is -2.47. The van der Waals surface area contributed by atoms with Crippen LogP contribution in [0.25, 0.3) is 16.6 Å². The average molecular weight is 450 g/mol. The number of rotatable bonds is 5. The molecule has 1 saturated heterocycles. The van der Waals surface area contributed by atoms with E-state index in [0.29, 0.717) is 41.8 Å². The fourth-order valence-electron chi connectivity index (χ4n) is 4.08. The van der Waals surface area contributed by atoms with Crippen LogP contribution in [0.15, 0.2) is 47.5 Å². The molecule has 4 rings (SSSR count). The van der Waals surface area contributed by atoms with Gasteiger partial charge in [0.2, 0.25) is 5.91 Å². The number of fused-ring (bicyclic) bond motifs is 1. The van der Waals surface area contributed by atoms with E-state index in [4.69, 9.17) is 4.84 Å². The summed E-state index contributed by atoms with van der Waals surface area (Å²) in [5.74, 6) is -0.293. The minimum atomic E-state index is -0.396. The van der Waals surface area contributed by atoms with Crippen molar-refractivity contribution in [3.05, 3.63) is 69.8 Å². The van der Waals surface area contributed by atoms with Crippen molar-refractivity contribution in [1.29, 1.82) is 0 Å². The molecule has 3 aromatic rings. The molecule has 0 spiro atoms. The predicted molar refractivity (Wildman–Crippen MR) is 124 cm³/mol. The molecule has 172 valence electrons. The summed E-state index contributed by atoms with van der Waals surface area (Å²) >= 11 is 0. The Balaban J connectivity index is 1.64. The maximum Gasteiger partial charge on any atom is 0.274 e. The highest BCUT2D eigenvalue weighted by molar-refractivity contribution is 5.94. The molecule has 0 unspecified atom stereocenters. The summed E-state index contributed by atoms with van der Waals surface area (Å²) in [5, 5.41) is 0.517. The second-order valence-electron chi connectivity index (χ2n) is 8.19. The van der Waals surface area contributed by atoms with Gasteiger partial charge in [0.15, 0.2) is 0 Å². The van der Waals surface area contributed by atoms with Crippen molar-refractivity contribution in [2.75, 3.05) is 33.3 Å². The van der Waals surface area contributed by atoms with Crippen molar-refractivity contribution in [3.63, 3.8) is 0 Å². The van der Waals surface area contributed by atoms with Crippen molar-refractivity contribution in [3.8, 4) is 5.69 Å². The maximum absolute atomic E-state index is 13.4. The maximum atomic E-state index is 13.4. The Morgan fingerprint density at radius 1 is 1.09 bits per heavy atom. The van der Waals surface area contributed by atoms with E-state index in [1.54, 1.807) is 25.1 Å². The SMILES string of the molecule is CONC(=O)c1ccc(C)c(-n2cnc3ccc(CN4CCN(C(C)=O)CC4)cc3c2=O)c1. The molecule has 2 aromatic carbocycles. The van der Waals surface area contributed by atoms with Crippen LogP contribution >= 0.6 is 0 Å². The van der Waals surface area contributed by atoms with Crippen LogP contribution in [0.2, 0.25) is 0 Å². The normalized spacial score (nSPS) is 14.5. The van der Waals surface area contributed by atoms with E-state index < -0.39 is 5.91 Å². The number of benzene rings is 2. The van der Waals surface area contributed by atoms with Crippen molar-refractivity contribution in [2.24, 2.45) is 0 Å². The first-order chi connectivity index (χ1) is 15.9. The van der Waals surface area contributed by atoms with E-state index in [9.17, 15) is 14.4 Å². The van der Waals surface area contributed by atoms with E-state index in [1.165, 1.54) is 18.0 Å². The number of hydroxylamine groups is 1. The minimum absolute atomic E-state index is 0.103. The number of aryl methyl sites for hydroxylation is 1. The van der Waals surface area contributed by atoms with Crippen molar-refractivity contribution in [1.82, 2.24) is 24.8 Å². The number of nitrogens with one attached hydrogen (secondary N) is 1. The molecule has 1 aromatic heterocycles. The highest BCUT2D eigenvalue weighted by Gasteiger charge is 2.19. The van der Waals surface area contributed by atoms with Crippen LogP contribution in [0.1, 0.15) is 28.4 Å². The van der Waals surface area contributed by atoms with Gasteiger partial charge in [-0.25, -0.2) is 10.5 Å². The number of aromatic nitrogens is 2. The molecule has 2 heterocycles. The highest BCUT2D eigenvalue weighted by atomic mass is 16.6. The zero-order valence-electron chi connectivity index (χ0n) is 19.0. The molecule has 1 fully saturated rings. The number of hydrogen-bond donors (Lipinski definition) is 1. The van der Waals surface area contributed by atoms with E-state index in [1.807, 2.05) is 30.0 Å². The van der Waals surface area contributed by atoms with Gasteiger partial charge in [0.25, 0.3) is 11.5 Å². The van der Waals surface area contributed by atoms with Gasteiger partial charge >= 0.3 is 0 Å². The molecule has 33 heavy (non-hydrogen) atoms. The molecular weight excluding hydrogens is 422 g/mol. The summed E-state index contributed by atoms with van der Waals surface area (Å²) in [7, 11) is 1.37. The zero-order valence-corrected chi connectivity index (χ0v) is 19.0. The fraction of sp³-hybridized carbons (Fsp3) is 0.333. The Morgan fingerprint density at radius 2 is 1.85 bits per heavy atom. The predicted octanol–water partition coefficient (Wildman–Crippen LogP) is 1.65. The summed E-state index contributed by atoms with van der Waals surface area (Å²) < 4.78 is 1.47. The van der Waals surface area contributed by atoms with Crippen molar-refractivity contribution >= 4 is 22.7 Å². The minimum Gasteiger partial charge on any atom is -0.340 e. The lowest BCUT2D eigenvalue weighted by molar-refractivity contribution is -0.130. The Morgan fingerprint density at radius 3 is 2.55 bits per heavy atom. The third kappa shape index (κ3) is 4.79. The van der Waals surface area contributed by atoms with E-state index in [2.05, 4.69) is 15.4 Å². The molecule has 1 N–H and O–H groups in total. The number of nitrogens with zero attached hydrogens (tertiary/aromatic N) is 4. The first-order valence-corrected chi connectivity index (χ1v) is 10.8. The van der Waals surface area contributed by atoms with Gasteiger partial charge in [-0.3, -0.25) is 28.7 Å². The largest absolute Gasteiger partial charge is 0.340 e. The van der Waals surface area contributed by atoms with Gasteiger partial charge in [-0.15, -0.1) is 0 Å².